The average Bonchev–Trinajstić information content (AvgIpc) is 2.00. The van der Waals surface area contributed by atoms with Crippen LogP contribution in [0.4, 0.5) is 0 Å². The monoisotopic (exact) mass is 161 g/mol. The second-order valence-electron chi connectivity index (χ2n) is 2.49. The van der Waals surface area contributed by atoms with E-state index in [1.807, 2.05) is 6.92 Å². The molecule has 1 atom stereocenters. The molecule has 0 aromatic carbocycles. The minimum absolute atomic E-state index is 0.152. The second kappa shape index (κ2) is 4.31. The number of aliphatic hydroxyl groups excluding tert-OH is 1. The molecule has 0 rings (SSSR count). The van der Waals surface area contributed by atoms with Gasteiger partial charge in [-0.2, -0.15) is 0 Å². The van der Waals surface area contributed by atoms with Crippen LogP contribution in [0, 0.1) is 0 Å². The summed E-state index contributed by atoms with van der Waals surface area (Å²) in [6, 6.07) is 0. The van der Waals surface area contributed by atoms with E-state index in [9.17, 15) is 4.79 Å². The summed E-state index contributed by atoms with van der Waals surface area (Å²) in [7, 11) is 0. The fourth-order valence-electron chi connectivity index (χ4n) is 0.772. The highest BCUT2D eigenvalue weighted by molar-refractivity contribution is 5.66. The first-order valence-corrected chi connectivity index (χ1v) is 3.60. The standard InChI is InChI=1S/C7H15NO3/c1-3-7(4-8,5-9)11-6(2)10/h9H,3-5,8H2,1-2H3. The molecule has 1 unspecified atom stereocenters. The Hall–Kier alpha value is -0.610. The molecule has 66 valence electrons. The van der Waals surface area contributed by atoms with Crippen LogP contribution in [-0.4, -0.2) is 29.8 Å². The molecule has 0 bridgehead atoms. The van der Waals surface area contributed by atoms with Crippen molar-refractivity contribution in [3.63, 3.8) is 0 Å². The Kier molecular flexibility index (Phi) is 4.07. The molecular formula is C7H15NO3. The van der Waals surface area contributed by atoms with Crippen LogP contribution in [0.15, 0.2) is 0 Å². The summed E-state index contributed by atoms with van der Waals surface area (Å²) in [6.07, 6.45) is 0.527. The van der Waals surface area contributed by atoms with E-state index in [1.165, 1.54) is 6.92 Å². The van der Waals surface area contributed by atoms with Crippen molar-refractivity contribution in [1.29, 1.82) is 0 Å². The van der Waals surface area contributed by atoms with Crippen LogP contribution in [0.25, 0.3) is 0 Å². The third kappa shape index (κ3) is 2.86. The zero-order valence-corrected chi connectivity index (χ0v) is 6.96. The number of rotatable bonds is 4. The van der Waals surface area contributed by atoms with Gasteiger partial charge in [0.1, 0.15) is 5.60 Å². The molecule has 0 aliphatic heterocycles. The summed E-state index contributed by atoms with van der Waals surface area (Å²) in [6.45, 7) is 3.04. The van der Waals surface area contributed by atoms with Gasteiger partial charge in [0.2, 0.25) is 0 Å². The molecule has 3 N–H and O–H groups in total. The van der Waals surface area contributed by atoms with Gasteiger partial charge in [-0.1, -0.05) is 6.92 Å². The first-order chi connectivity index (χ1) is 5.10. The molecule has 0 saturated carbocycles. The van der Waals surface area contributed by atoms with Gasteiger partial charge < -0.3 is 15.6 Å². The SMILES string of the molecule is CCC(CN)(CO)OC(C)=O. The smallest absolute Gasteiger partial charge is 0.303 e. The van der Waals surface area contributed by atoms with E-state index in [2.05, 4.69) is 0 Å². The third-order valence-electron chi connectivity index (χ3n) is 1.66. The first kappa shape index (κ1) is 10.4. The lowest BCUT2D eigenvalue weighted by Crippen LogP contribution is -2.44. The summed E-state index contributed by atoms with van der Waals surface area (Å²) < 4.78 is 4.87. The minimum Gasteiger partial charge on any atom is -0.455 e. The van der Waals surface area contributed by atoms with Crippen LogP contribution in [0.2, 0.25) is 0 Å². The van der Waals surface area contributed by atoms with E-state index in [0.29, 0.717) is 6.42 Å². The molecule has 0 aromatic heterocycles. The maximum absolute atomic E-state index is 10.5. The van der Waals surface area contributed by atoms with Crippen LogP contribution in [0.5, 0.6) is 0 Å². The van der Waals surface area contributed by atoms with Crippen molar-refractivity contribution in [2.75, 3.05) is 13.2 Å². The maximum atomic E-state index is 10.5. The normalized spacial score (nSPS) is 15.6. The van der Waals surface area contributed by atoms with E-state index in [0.717, 1.165) is 0 Å². The lowest BCUT2D eigenvalue weighted by atomic mass is 10.0. The highest BCUT2D eigenvalue weighted by Gasteiger charge is 2.28. The number of hydrogen-bond donors (Lipinski definition) is 2. The Morgan fingerprint density at radius 1 is 1.73 bits per heavy atom. The van der Waals surface area contributed by atoms with E-state index in [1.54, 1.807) is 0 Å². The predicted molar refractivity (Wildman–Crippen MR) is 40.9 cm³/mol. The van der Waals surface area contributed by atoms with Crippen molar-refractivity contribution in [3.8, 4) is 0 Å². The Balaban J connectivity index is 4.16. The number of ether oxygens (including phenoxy) is 1. The summed E-state index contributed by atoms with van der Waals surface area (Å²) in [5.41, 5.74) is 4.47. The van der Waals surface area contributed by atoms with Gasteiger partial charge in [0, 0.05) is 13.5 Å². The fourth-order valence-corrected chi connectivity index (χ4v) is 0.772. The lowest BCUT2D eigenvalue weighted by Gasteiger charge is -2.28. The van der Waals surface area contributed by atoms with Gasteiger partial charge in [-0.15, -0.1) is 0 Å². The van der Waals surface area contributed by atoms with Crippen molar-refractivity contribution in [1.82, 2.24) is 0 Å². The Bertz CT molecular complexity index is 123. The first-order valence-electron chi connectivity index (χ1n) is 3.60. The molecule has 0 spiro atoms. The number of esters is 1. The lowest BCUT2D eigenvalue weighted by molar-refractivity contribution is -0.160. The summed E-state index contributed by atoms with van der Waals surface area (Å²) in [4.78, 5) is 10.5. The van der Waals surface area contributed by atoms with Crippen molar-refractivity contribution in [2.24, 2.45) is 5.73 Å². The van der Waals surface area contributed by atoms with Crippen molar-refractivity contribution < 1.29 is 14.6 Å². The van der Waals surface area contributed by atoms with Crippen molar-refractivity contribution in [3.05, 3.63) is 0 Å². The van der Waals surface area contributed by atoms with E-state index in [4.69, 9.17) is 15.6 Å². The molecule has 0 radical (unpaired) electrons. The average molecular weight is 161 g/mol. The van der Waals surface area contributed by atoms with Gasteiger partial charge in [0.15, 0.2) is 0 Å². The highest BCUT2D eigenvalue weighted by Crippen LogP contribution is 2.13. The minimum atomic E-state index is -0.869. The highest BCUT2D eigenvalue weighted by atomic mass is 16.6. The summed E-state index contributed by atoms with van der Waals surface area (Å²) >= 11 is 0. The van der Waals surface area contributed by atoms with Gasteiger partial charge in [0.05, 0.1) is 6.61 Å². The van der Waals surface area contributed by atoms with Gasteiger partial charge in [-0.25, -0.2) is 0 Å². The number of aliphatic hydroxyl groups is 1. The molecule has 0 aliphatic rings. The fraction of sp³-hybridized carbons (Fsp3) is 0.857. The van der Waals surface area contributed by atoms with Crippen molar-refractivity contribution >= 4 is 5.97 Å². The summed E-state index contributed by atoms with van der Waals surface area (Å²) in [5, 5.41) is 8.87. The van der Waals surface area contributed by atoms with Crippen molar-refractivity contribution in [2.45, 2.75) is 25.9 Å². The molecule has 0 heterocycles. The van der Waals surface area contributed by atoms with Gasteiger partial charge in [-0.3, -0.25) is 4.79 Å². The van der Waals surface area contributed by atoms with Gasteiger partial charge >= 0.3 is 5.97 Å². The largest absolute Gasteiger partial charge is 0.455 e. The van der Waals surface area contributed by atoms with E-state index < -0.39 is 11.6 Å². The Labute approximate surface area is 66.3 Å². The predicted octanol–water partition coefficient (Wildman–Crippen LogP) is -0.351. The zero-order chi connectivity index (χ0) is 8.91. The van der Waals surface area contributed by atoms with Crippen LogP contribution < -0.4 is 5.73 Å². The van der Waals surface area contributed by atoms with E-state index in [-0.39, 0.29) is 13.2 Å². The molecule has 4 nitrogen and oxygen atoms in total. The maximum Gasteiger partial charge on any atom is 0.303 e. The van der Waals surface area contributed by atoms with E-state index >= 15 is 0 Å². The number of carbonyl (C=O) groups excluding carboxylic acids is 1. The molecule has 4 heteroatoms. The topological polar surface area (TPSA) is 72.6 Å². The molecule has 0 saturated heterocycles. The molecule has 0 aromatic rings. The third-order valence-corrected chi connectivity index (χ3v) is 1.66. The summed E-state index contributed by atoms with van der Waals surface area (Å²) in [5.74, 6) is -0.411. The Morgan fingerprint density at radius 2 is 2.27 bits per heavy atom. The van der Waals surface area contributed by atoms with Crippen LogP contribution >= 0.6 is 0 Å². The van der Waals surface area contributed by atoms with Crippen LogP contribution in [-0.2, 0) is 9.53 Å². The zero-order valence-electron chi connectivity index (χ0n) is 6.96. The quantitative estimate of drug-likeness (QED) is 0.553. The number of nitrogens with two attached hydrogens (primary N) is 1. The number of hydrogen-bond acceptors (Lipinski definition) is 4. The Morgan fingerprint density at radius 3 is 2.36 bits per heavy atom. The molecular weight excluding hydrogens is 146 g/mol. The molecule has 0 aliphatic carbocycles. The molecule has 0 fully saturated rings. The molecule has 0 amide bonds. The van der Waals surface area contributed by atoms with Crippen LogP contribution in [0.3, 0.4) is 0 Å². The van der Waals surface area contributed by atoms with Gasteiger partial charge in [-0.05, 0) is 6.42 Å². The number of carbonyl (C=O) groups is 1. The van der Waals surface area contributed by atoms with Crippen LogP contribution in [0.1, 0.15) is 20.3 Å². The second-order valence-corrected chi connectivity index (χ2v) is 2.49. The molecule has 11 heavy (non-hydrogen) atoms. The van der Waals surface area contributed by atoms with Gasteiger partial charge in [0.25, 0.3) is 0 Å².